The van der Waals surface area contributed by atoms with Gasteiger partial charge in [-0.15, -0.1) is 0 Å². The molecule has 0 fully saturated rings. The van der Waals surface area contributed by atoms with Crippen molar-refractivity contribution in [1.29, 1.82) is 0 Å². The Morgan fingerprint density at radius 3 is 2.50 bits per heavy atom. The molecule has 5 heteroatoms. The van der Waals surface area contributed by atoms with E-state index in [9.17, 15) is 4.39 Å². The van der Waals surface area contributed by atoms with E-state index in [0.29, 0.717) is 16.2 Å². The number of anilines is 1. The Labute approximate surface area is 117 Å². The van der Waals surface area contributed by atoms with Gasteiger partial charge in [-0.2, -0.15) is 0 Å². The summed E-state index contributed by atoms with van der Waals surface area (Å²) in [4.78, 5) is 8.29. The SMILES string of the molecule is CC(C)CN(CCN(C)C)c1ncc(Br)cc1F. The zero-order valence-electron chi connectivity index (χ0n) is 11.5. The fourth-order valence-corrected chi connectivity index (χ4v) is 1.99. The van der Waals surface area contributed by atoms with Gasteiger partial charge >= 0.3 is 0 Å². The Morgan fingerprint density at radius 1 is 1.33 bits per heavy atom. The van der Waals surface area contributed by atoms with Crippen molar-refractivity contribution in [1.82, 2.24) is 9.88 Å². The summed E-state index contributed by atoms with van der Waals surface area (Å²) in [6.45, 7) is 6.71. The maximum atomic E-state index is 13.9. The molecule has 0 bridgehead atoms. The van der Waals surface area contributed by atoms with Crippen LogP contribution in [0.5, 0.6) is 0 Å². The summed E-state index contributed by atoms with van der Waals surface area (Å²) in [7, 11) is 4.03. The van der Waals surface area contributed by atoms with E-state index in [2.05, 4.69) is 39.7 Å². The third-order valence-corrected chi connectivity index (χ3v) is 2.92. The van der Waals surface area contributed by atoms with Crippen LogP contribution < -0.4 is 4.90 Å². The number of aromatic nitrogens is 1. The molecule has 0 aliphatic rings. The summed E-state index contributed by atoms with van der Waals surface area (Å²) in [5.74, 6) is 0.634. The quantitative estimate of drug-likeness (QED) is 0.804. The van der Waals surface area contributed by atoms with Crippen LogP contribution in [0.1, 0.15) is 13.8 Å². The maximum absolute atomic E-state index is 13.9. The first-order valence-electron chi connectivity index (χ1n) is 6.11. The van der Waals surface area contributed by atoms with Gasteiger partial charge in [0.2, 0.25) is 0 Å². The first-order valence-corrected chi connectivity index (χ1v) is 6.90. The average Bonchev–Trinajstić information content (AvgIpc) is 2.24. The predicted molar refractivity (Wildman–Crippen MR) is 77.5 cm³/mol. The van der Waals surface area contributed by atoms with Crippen LogP contribution in [0.2, 0.25) is 0 Å². The van der Waals surface area contributed by atoms with Gasteiger partial charge < -0.3 is 9.80 Å². The lowest BCUT2D eigenvalue weighted by atomic mass is 10.2. The smallest absolute Gasteiger partial charge is 0.166 e. The molecule has 3 nitrogen and oxygen atoms in total. The third kappa shape index (κ3) is 4.90. The Bertz CT molecular complexity index is 382. The Hall–Kier alpha value is -0.680. The van der Waals surface area contributed by atoms with E-state index in [1.807, 2.05) is 19.0 Å². The second kappa shape index (κ2) is 7.04. The summed E-state index contributed by atoms with van der Waals surface area (Å²) in [6, 6.07) is 1.46. The summed E-state index contributed by atoms with van der Waals surface area (Å²) >= 11 is 3.23. The average molecular weight is 318 g/mol. The minimum absolute atomic E-state index is 0.274. The minimum Gasteiger partial charge on any atom is -0.353 e. The Kier molecular flexibility index (Phi) is 6.02. The molecule has 0 radical (unpaired) electrons. The van der Waals surface area contributed by atoms with Crippen LogP contribution >= 0.6 is 15.9 Å². The monoisotopic (exact) mass is 317 g/mol. The van der Waals surface area contributed by atoms with Gasteiger partial charge in [0.05, 0.1) is 0 Å². The van der Waals surface area contributed by atoms with Crippen molar-refractivity contribution in [3.8, 4) is 0 Å². The zero-order valence-corrected chi connectivity index (χ0v) is 13.0. The predicted octanol–water partition coefficient (Wildman–Crippen LogP) is 3.01. The van der Waals surface area contributed by atoms with E-state index in [1.54, 1.807) is 6.20 Å². The molecule has 0 aromatic carbocycles. The highest BCUT2D eigenvalue weighted by Crippen LogP contribution is 2.20. The van der Waals surface area contributed by atoms with Crippen molar-refractivity contribution in [3.05, 3.63) is 22.6 Å². The number of hydrogen-bond donors (Lipinski definition) is 0. The van der Waals surface area contributed by atoms with Gasteiger partial charge in [-0.1, -0.05) is 13.8 Å². The maximum Gasteiger partial charge on any atom is 0.166 e. The van der Waals surface area contributed by atoms with Crippen molar-refractivity contribution in [3.63, 3.8) is 0 Å². The number of hydrogen-bond acceptors (Lipinski definition) is 3. The van der Waals surface area contributed by atoms with Gasteiger partial charge in [-0.05, 0) is 42.0 Å². The molecule has 0 amide bonds. The molecule has 0 saturated carbocycles. The molecule has 0 unspecified atom stereocenters. The first-order chi connectivity index (χ1) is 8.40. The number of rotatable bonds is 6. The molecule has 1 aromatic rings. The van der Waals surface area contributed by atoms with Gasteiger partial charge in [0.1, 0.15) is 0 Å². The molecule has 1 rings (SSSR count). The van der Waals surface area contributed by atoms with E-state index in [0.717, 1.165) is 19.6 Å². The van der Waals surface area contributed by atoms with Crippen molar-refractivity contribution in [2.75, 3.05) is 38.6 Å². The highest BCUT2D eigenvalue weighted by Gasteiger charge is 2.15. The molecule has 0 atom stereocenters. The van der Waals surface area contributed by atoms with E-state index in [1.165, 1.54) is 6.07 Å². The van der Waals surface area contributed by atoms with Crippen LogP contribution in [-0.2, 0) is 0 Å². The highest BCUT2D eigenvalue weighted by molar-refractivity contribution is 9.10. The van der Waals surface area contributed by atoms with Crippen LogP contribution in [0.25, 0.3) is 0 Å². The van der Waals surface area contributed by atoms with Gasteiger partial charge in [0.25, 0.3) is 0 Å². The van der Waals surface area contributed by atoms with Crippen molar-refractivity contribution in [2.24, 2.45) is 5.92 Å². The van der Waals surface area contributed by atoms with Crippen LogP contribution in [0, 0.1) is 11.7 Å². The molecule has 0 N–H and O–H groups in total. The van der Waals surface area contributed by atoms with Gasteiger partial charge in [-0.25, -0.2) is 9.37 Å². The largest absolute Gasteiger partial charge is 0.353 e. The molecular formula is C13H21BrFN3. The number of pyridine rings is 1. The lowest BCUT2D eigenvalue weighted by Gasteiger charge is -2.27. The fraction of sp³-hybridized carbons (Fsp3) is 0.615. The molecule has 1 aromatic heterocycles. The van der Waals surface area contributed by atoms with Crippen molar-refractivity contribution in [2.45, 2.75) is 13.8 Å². The molecule has 1 heterocycles. The van der Waals surface area contributed by atoms with E-state index in [4.69, 9.17) is 0 Å². The lowest BCUT2D eigenvalue weighted by Crippen LogP contribution is -2.35. The second-order valence-electron chi connectivity index (χ2n) is 5.10. The van der Waals surface area contributed by atoms with E-state index in [-0.39, 0.29) is 5.82 Å². The van der Waals surface area contributed by atoms with Gasteiger partial charge in [0, 0.05) is 30.3 Å². The van der Waals surface area contributed by atoms with Crippen LogP contribution in [0.3, 0.4) is 0 Å². The second-order valence-corrected chi connectivity index (χ2v) is 6.02. The van der Waals surface area contributed by atoms with E-state index >= 15 is 0 Å². The van der Waals surface area contributed by atoms with Gasteiger partial charge in [0.15, 0.2) is 11.6 Å². The minimum atomic E-state index is -0.274. The lowest BCUT2D eigenvalue weighted by molar-refractivity contribution is 0.407. The summed E-state index contributed by atoms with van der Waals surface area (Å²) in [5, 5.41) is 0. The van der Waals surface area contributed by atoms with Gasteiger partial charge in [-0.3, -0.25) is 0 Å². The molecule has 18 heavy (non-hydrogen) atoms. The van der Waals surface area contributed by atoms with Crippen molar-refractivity contribution < 1.29 is 4.39 Å². The molecule has 0 saturated heterocycles. The zero-order chi connectivity index (χ0) is 13.7. The molecule has 0 aliphatic carbocycles. The first kappa shape index (κ1) is 15.4. The van der Waals surface area contributed by atoms with Crippen LogP contribution in [0.15, 0.2) is 16.7 Å². The topological polar surface area (TPSA) is 19.4 Å². The fourth-order valence-electron chi connectivity index (χ4n) is 1.69. The molecular weight excluding hydrogens is 297 g/mol. The van der Waals surface area contributed by atoms with Crippen LogP contribution in [-0.4, -0.2) is 43.6 Å². The standard InChI is InChI=1S/C13H21BrFN3/c1-10(2)9-18(6-5-17(3)4)13-12(15)7-11(14)8-16-13/h7-8,10H,5-6,9H2,1-4H3. The van der Waals surface area contributed by atoms with E-state index < -0.39 is 0 Å². The third-order valence-electron chi connectivity index (χ3n) is 2.49. The molecule has 102 valence electrons. The highest BCUT2D eigenvalue weighted by atomic mass is 79.9. The van der Waals surface area contributed by atoms with Crippen LogP contribution in [0.4, 0.5) is 10.2 Å². The molecule has 0 spiro atoms. The number of nitrogens with zero attached hydrogens (tertiary/aromatic N) is 3. The summed E-state index contributed by atoms with van der Waals surface area (Å²) in [5.41, 5.74) is 0. The Morgan fingerprint density at radius 2 is 2.00 bits per heavy atom. The summed E-state index contributed by atoms with van der Waals surface area (Å²) in [6.07, 6.45) is 1.64. The van der Waals surface area contributed by atoms with Crippen molar-refractivity contribution >= 4 is 21.7 Å². The normalized spacial score (nSPS) is 11.3. The Balaban J connectivity index is 2.86. The number of likely N-dealkylation sites (N-methyl/N-ethyl adjacent to an activating group) is 1. The number of halogens is 2. The summed E-state index contributed by atoms with van der Waals surface area (Å²) < 4.78 is 14.6. The molecule has 0 aliphatic heterocycles.